The van der Waals surface area contributed by atoms with Gasteiger partial charge in [0.15, 0.2) is 0 Å². The topological polar surface area (TPSA) is 33.2 Å². The minimum absolute atomic E-state index is 0.0832. The maximum atomic E-state index is 12.8. The van der Waals surface area contributed by atoms with E-state index in [1.54, 1.807) is 0 Å². The van der Waals surface area contributed by atoms with E-state index in [1.165, 1.54) is 11.3 Å². The van der Waals surface area contributed by atoms with Crippen molar-refractivity contribution in [3.63, 3.8) is 0 Å². The van der Waals surface area contributed by atoms with E-state index in [2.05, 4.69) is 4.98 Å². The molecule has 0 saturated heterocycles. The van der Waals surface area contributed by atoms with E-state index in [4.69, 9.17) is 11.6 Å². The van der Waals surface area contributed by atoms with Gasteiger partial charge in [-0.25, -0.2) is 4.98 Å². The average molecular weight is 385 g/mol. The second-order valence-corrected chi connectivity index (χ2v) is 7.67. The lowest BCUT2D eigenvalue weighted by Gasteiger charge is -2.26. The molecular formula is C21H21ClN2OS. The molecule has 0 aliphatic carbocycles. The van der Waals surface area contributed by atoms with Crippen LogP contribution in [0.4, 0.5) is 0 Å². The smallest absolute Gasteiger partial charge is 0.229 e. The predicted molar refractivity (Wildman–Crippen MR) is 108 cm³/mol. The van der Waals surface area contributed by atoms with E-state index in [1.807, 2.05) is 78.7 Å². The summed E-state index contributed by atoms with van der Waals surface area (Å²) in [6.07, 6.45) is 0.298. The van der Waals surface area contributed by atoms with Crippen molar-refractivity contribution in [2.24, 2.45) is 0 Å². The Hall–Kier alpha value is -2.17. The Balaban J connectivity index is 1.73. The zero-order valence-electron chi connectivity index (χ0n) is 14.9. The molecule has 0 fully saturated rings. The maximum Gasteiger partial charge on any atom is 0.229 e. The molecule has 1 amide bonds. The first kappa shape index (κ1) is 18.6. The third kappa shape index (κ3) is 4.51. The van der Waals surface area contributed by atoms with Gasteiger partial charge in [0.25, 0.3) is 0 Å². The van der Waals surface area contributed by atoms with Crippen LogP contribution < -0.4 is 0 Å². The molecule has 0 aliphatic rings. The molecule has 3 nitrogen and oxygen atoms in total. The zero-order chi connectivity index (χ0) is 18.5. The van der Waals surface area contributed by atoms with E-state index >= 15 is 0 Å². The summed E-state index contributed by atoms with van der Waals surface area (Å²) in [5.41, 5.74) is 2.82. The average Bonchev–Trinajstić information content (AvgIpc) is 3.08. The van der Waals surface area contributed by atoms with Gasteiger partial charge in [-0.05, 0) is 25.5 Å². The first-order valence-electron chi connectivity index (χ1n) is 8.57. The van der Waals surface area contributed by atoms with Crippen molar-refractivity contribution in [3.8, 4) is 10.6 Å². The van der Waals surface area contributed by atoms with E-state index < -0.39 is 0 Å². The molecule has 2 aromatic carbocycles. The molecule has 3 aromatic rings. The van der Waals surface area contributed by atoms with Crippen LogP contribution in [-0.4, -0.2) is 21.8 Å². The number of thiazole rings is 1. The fourth-order valence-corrected chi connectivity index (χ4v) is 3.88. The Morgan fingerprint density at radius 2 is 1.81 bits per heavy atom. The lowest BCUT2D eigenvalue weighted by atomic mass is 10.1. The Morgan fingerprint density at radius 3 is 2.50 bits per heavy atom. The summed E-state index contributed by atoms with van der Waals surface area (Å²) in [4.78, 5) is 19.3. The van der Waals surface area contributed by atoms with Crippen LogP contribution in [-0.2, 0) is 17.8 Å². The first-order chi connectivity index (χ1) is 12.5. The molecule has 0 bridgehead atoms. The molecule has 3 rings (SSSR count). The van der Waals surface area contributed by atoms with Gasteiger partial charge in [0.1, 0.15) is 5.01 Å². The third-order valence-electron chi connectivity index (χ3n) is 4.13. The second-order valence-electron chi connectivity index (χ2n) is 6.40. The second kappa shape index (κ2) is 8.47. The summed E-state index contributed by atoms with van der Waals surface area (Å²) in [5, 5.41) is 3.46. The molecule has 0 N–H and O–H groups in total. The van der Waals surface area contributed by atoms with Crippen LogP contribution >= 0.6 is 22.9 Å². The number of amides is 1. The summed E-state index contributed by atoms with van der Waals surface area (Å²) in [5.74, 6) is 0.0832. The minimum Gasteiger partial charge on any atom is -0.336 e. The number of benzene rings is 2. The molecule has 0 aliphatic heterocycles. The number of nitrogens with zero attached hydrogens (tertiary/aromatic N) is 2. The Labute approximate surface area is 163 Å². The molecule has 0 unspecified atom stereocenters. The molecule has 0 radical (unpaired) electrons. The normalized spacial score (nSPS) is 10.9. The highest BCUT2D eigenvalue weighted by Crippen LogP contribution is 2.30. The highest BCUT2D eigenvalue weighted by molar-refractivity contribution is 7.13. The molecule has 0 spiro atoms. The molecule has 0 atom stereocenters. The minimum atomic E-state index is 0.0832. The molecule has 0 saturated carbocycles. The molecule has 1 heterocycles. The number of rotatable bonds is 6. The van der Waals surface area contributed by atoms with Gasteiger partial charge in [-0.3, -0.25) is 4.79 Å². The van der Waals surface area contributed by atoms with Crippen molar-refractivity contribution in [2.45, 2.75) is 32.9 Å². The number of carbonyl (C=O) groups is 1. The van der Waals surface area contributed by atoms with Crippen LogP contribution in [0.3, 0.4) is 0 Å². The largest absolute Gasteiger partial charge is 0.336 e. The lowest BCUT2D eigenvalue weighted by molar-refractivity contribution is -0.132. The summed E-state index contributed by atoms with van der Waals surface area (Å²) in [6.45, 7) is 4.69. The highest BCUT2D eigenvalue weighted by atomic mass is 35.5. The van der Waals surface area contributed by atoms with Crippen molar-refractivity contribution in [3.05, 3.63) is 76.3 Å². The fraction of sp³-hybridized carbons (Fsp3) is 0.238. The first-order valence-corrected chi connectivity index (χ1v) is 9.83. The van der Waals surface area contributed by atoms with Crippen molar-refractivity contribution < 1.29 is 4.79 Å². The van der Waals surface area contributed by atoms with Crippen LogP contribution in [0.25, 0.3) is 10.6 Å². The fourth-order valence-electron chi connectivity index (χ4n) is 2.74. The van der Waals surface area contributed by atoms with Crippen molar-refractivity contribution >= 4 is 28.8 Å². The maximum absolute atomic E-state index is 12.8. The number of halogens is 1. The SMILES string of the molecule is CC(C)N(Cc1ccccc1)C(=O)Cc1csc(-c2ccccc2Cl)n1. The summed E-state index contributed by atoms with van der Waals surface area (Å²) < 4.78 is 0. The van der Waals surface area contributed by atoms with E-state index in [-0.39, 0.29) is 11.9 Å². The lowest BCUT2D eigenvalue weighted by Crippen LogP contribution is -2.37. The number of hydrogen-bond acceptors (Lipinski definition) is 3. The van der Waals surface area contributed by atoms with E-state index in [0.29, 0.717) is 18.0 Å². The van der Waals surface area contributed by atoms with Crippen molar-refractivity contribution in [1.82, 2.24) is 9.88 Å². The molecule has 134 valence electrons. The Kier molecular flexibility index (Phi) is 6.07. The van der Waals surface area contributed by atoms with E-state index in [0.717, 1.165) is 21.8 Å². The molecule has 5 heteroatoms. The van der Waals surface area contributed by atoms with Gasteiger partial charge in [0.05, 0.1) is 17.1 Å². The van der Waals surface area contributed by atoms with Crippen LogP contribution in [0, 0.1) is 0 Å². The van der Waals surface area contributed by atoms with Gasteiger partial charge in [0, 0.05) is 23.5 Å². The van der Waals surface area contributed by atoms with Crippen molar-refractivity contribution in [2.75, 3.05) is 0 Å². The Morgan fingerprint density at radius 1 is 1.12 bits per heavy atom. The standard InChI is InChI=1S/C21H21ClN2OS/c1-15(2)24(13-16-8-4-3-5-9-16)20(25)12-17-14-26-21(23-17)18-10-6-7-11-19(18)22/h3-11,14-15H,12-13H2,1-2H3. The van der Waals surface area contributed by atoms with Crippen LogP contribution in [0.2, 0.25) is 5.02 Å². The number of aromatic nitrogens is 1. The summed E-state index contributed by atoms with van der Waals surface area (Å²) >= 11 is 7.76. The van der Waals surface area contributed by atoms with Crippen LogP contribution in [0.5, 0.6) is 0 Å². The molecule has 26 heavy (non-hydrogen) atoms. The van der Waals surface area contributed by atoms with Gasteiger partial charge in [0.2, 0.25) is 5.91 Å². The van der Waals surface area contributed by atoms with Crippen molar-refractivity contribution in [1.29, 1.82) is 0 Å². The van der Waals surface area contributed by atoms with Gasteiger partial charge < -0.3 is 4.90 Å². The number of hydrogen-bond donors (Lipinski definition) is 0. The molecular weight excluding hydrogens is 364 g/mol. The predicted octanol–water partition coefficient (Wildman–Crippen LogP) is 5.44. The van der Waals surface area contributed by atoms with Crippen LogP contribution in [0.15, 0.2) is 60.0 Å². The number of carbonyl (C=O) groups excluding carboxylic acids is 1. The van der Waals surface area contributed by atoms with Gasteiger partial charge in [-0.2, -0.15) is 0 Å². The highest BCUT2D eigenvalue weighted by Gasteiger charge is 2.19. The molecule has 1 aromatic heterocycles. The third-order valence-corrected chi connectivity index (χ3v) is 5.38. The van der Waals surface area contributed by atoms with Gasteiger partial charge in [-0.15, -0.1) is 11.3 Å². The van der Waals surface area contributed by atoms with Gasteiger partial charge >= 0.3 is 0 Å². The quantitative estimate of drug-likeness (QED) is 0.566. The Bertz CT molecular complexity index is 876. The summed E-state index contributed by atoms with van der Waals surface area (Å²) in [7, 11) is 0. The van der Waals surface area contributed by atoms with Crippen LogP contribution in [0.1, 0.15) is 25.1 Å². The zero-order valence-corrected chi connectivity index (χ0v) is 16.4. The van der Waals surface area contributed by atoms with E-state index in [9.17, 15) is 4.79 Å². The summed E-state index contributed by atoms with van der Waals surface area (Å²) in [6, 6.07) is 17.8. The van der Waals surface area contributed by atoms with Gasteiger partial charge in [-0.1, -0.05) is 60.1 Å². The monoisotopic (exact) mass is 384 g/mol.